The highest BCUT2D eigenvalue weighted by atomic mass is 32.2. The van der Waals surface area contributed by atoms with Crippen molar-refractivity contribution in [3.8, 4) is 0 Å². The van der Waals surface area contributed by atoms with Gasteiger partial charge >= 0.3 is 6.18 Å². The van der Waals surface area contributed by atoms with Crippen molar-refractivity contribution in [2.75, 3.05) is 10.8 Å². The molecule has 1 aromatic rings. The van der Waals surface area contributed by atoms with Crippen molar-refractivity contribution in [1.82, 2.24) is 9.97 Å². The first-order chi connectivity index (χ1) is 7.89. The Bertz CT molecular complexity index is 454. The predicted octanol–water partition coefficient (Wildman–Crippen LogP) is 0.851. The number of aliphatic hydroxyl groups excluding tert-OH is 1. The fraction of sp³-hybridized carbons (Fsp3) is 0.375. The summed E-state index contributed by atoms with van der Waals surface area (Å²) in [5.41, 5.74) is -2.37. The summed E-state index contributed by atoms with van der Waals surface area (Å²) in [5.74, 6) is -0.780. The van der Waals surface area contributed by atoms with Gasteiger partial charge in [0.2, 0.25) is 0 Å². The Hall–Kier alpha value is -1.35. The van der Waals surface area contributed by atoms with Gasteiger partial charge in [-0.2, -0.15) is 13.2 Å². The number of hydrogen-bond acceptors (Lipinski definition) is 5. The van der Waals surface area contributed by atoms with Crippen LogP contribution in [0.2, 0.25) is 0 Å². The quantitative estimate of drug-likeness (QED) is 0.815. The molecule has 1 aliphatic rings. The van der Waals surface area contributed by atoms with E-state index in [1.165, 1.54) is 0 Å². The van der Waals surface area contributed by atoms with Gasteiger partial charge in [-0.3, -0.25) is 9.69 Å². The fourth-order valence-corrected chi connectivity index (χ4v) is 2.06. The molecule has 0 bridgehead atoms. The van der Waals surface area contributed by atoms with Gasteiger partial charge in [0.1, 0.15) is 17.8 Å². The maximum atomic E-state index is 12.4. The van der Waals surface area contributed by atoms with Crippen LogP contribution in [0.4, 0.5) is 19.0 Å². The topological polar surface area (TPSA) is 66.3 Å². The number of nitrogens with zero attached hydrogens (tertiary/aromatic N) is 3. The zero-order valence-electron chi connectivity index (χ0n) is 8.18. The number of thioether (sulfide) groups is 1. The van der Waals surface area contributed by atoms with Gasteiger partial charge in [-0.05, 0) is 0 Å². The Labute approximate surface area is 97.7 Å². The molecule has 1 unspecified atom stereocenters. The standard InChI is InChI=1S/C8H6F3N3O2S/c9-8(10,11)4-1-5(13-2-12-4)14-3-17-7(16)6(14)15/h1-2,7,16H,3H2. The maximum absolute atomic E-state index is 12.4. The first kappa shape index (κ1) is 12.1. The number of halogens is 3. The molecule has 1 amide bonds. The minimum Gasteiger partial charge on any atom is -0.373 e. The molecule has 1 saturated heterocycles. The lowest BCUT2D eigenvalue weighted by molar-refractivity contribution is -0.141. The molecule has 1 aliphatic heterocycles. The molecule has 0 radical (unpaired) electrons. The Morgan fingerprint density at radius 2 is 2.18 bits per heavy atom. The number of hydrogen-bond donors (Lipinski definition) is 1. The summed E-state index contributed by atoms with van der Waals surface area (Å²) >= 11 is 0.912. The number of rotatable bonds is 1. The van der Waals surface area contributed by atoms with Crippen molar-refractivity contribution >= 4 is 23.5 Å². The lowest BCUT2D eigenvalue weighted by atomic mass is 10.3. The second-order valence-corrected chi connectivity index (χ2v) is 4.21. The molecular weight excluding hydrogens is 259 g/mol. The van der Waals surface area contributed by atoms with Crippen LogP contribution in [0.5, 0.6) is 0 Å². The van der Waals surface area contributed by atoms with Crippen LogP contribution in [0.1, 0.15) is 5.69 Å². The molecule has 1 atom stereocenters. The van der Waals surface area contributed by atoms with Crippen LogP contribution in [0.15, 0.2) is 12.4 Å². The number of amides is 1. The molecule has 2 rings (SSSR count). The van der Waals surface area contributed by atoms with Crippen molar-refractivity contribution in [1.29, 1.82) is 0 Å². The Morgan fingerprint density at radius 1 is 1.47 bits per heavy atom. The average molecular weight is 265 g/mol. The molecule has 17 heavy (non-hydrogen) atoms. The van der Waals surface area contributed by atoms with Gasteiger partial charge in [-0.15, -0.1) is 0 Å². The van der Waals surface area contributed by atoms with Gasteiger partial charge in [0.25, 0.3) is 5.91 Å². The normalized spacial score (nSPS) is 21.1. The maximum Gasteiger partial charge on any atom is 0.433 e. The predicted molar refractivity (Wildman–Crippen MR) is 53.0 cm³/mol. The van der Waals surface area contributed by atoms with E-state index in [4.69, 9.17) is 5.11 Å². The van der Waals surface area contributed by atoms with Crippen LogP contribution >= 0.6 is 11.8 Å². The van der Waals surface area contributed by atoms with Crippen LogP contribution < -0.4 is 4.90 Å². The number of aliphatic hydroxyl groups is 1. The van der Waals surface area contributed by atoms with E-state index in [2.05, 4.69) is 9.97 Å². The summed E-state index contributed by atoms with van der Waals surface area (Å²) in [6.45, 7) is 0. The third kappa shape index (κ3) is 2.34. The molecule has 0 saturated carbocycles. The van der Waals surface area contributed by atoms with E-state index in [1.54, 1.807) is 0 Å². The summed E-state index contributed by atoms with van der Waals surface area (Å²) in [6, 6.07) is 0.677. The number of alkyl halides is 3. The van der Waals surface area contributed by atoms with E-state index in [0.717, 1.165) is 23.0 Å². The lowest BCUT2D eigenvalue weighted by Crippen LogP contribution is -2.30. The zero-order chi connectivity index (χ0) is 12.6. The highest BCUT2D eigenvalue weighted by Crippen LogP contribution is 2.31. The minimum atomic E-state index is -4.59. The molecule has 0 aliphatic carbocycles. The molecule has 1 fully saturated rings. The fourth-order valence-electron chi connectivity index (χ4n) is 1.24. The largest absolute Gasteiger partial charge is 0.433 e. The van der Waals surface area contributed by atoms with E-state index in [9.17, 15) is 18.0 Å². The van der Waals surface area contributed by atoms with E-state index in [-0.39, 0.29) is 11.7 Å². The first-order valence-electron chi connectivity index (χ1n) is 4.40. The van der Waals surface area contributed by atoms with Crippen LogP contribution in [0.3, 0.4) is 0 Å². The molecule has 92 valence electrons. The Balaban J connectivity index is 2.31. The summed E-state index contributed by atoms with van der Waals surface area (Å²) in [4.78, 5) is 19.0. The SMILES string of the molecule is O=C1C(O)SCN1c1cc(C(F)(F)F)ncn1. The van der Waals surface area contributed by atoms with Crippen LogP contribution in [0, 0.1) is 0 Å². The highest BCUT2D eigenvalue weighted by molar-refractivity contribution is 8.01. The van der Waals surface area contributed by atoms with E-state index in [0.29, 0.717) is 6.07 Å². The van der Waals surface area contributed by atoms with Crippen LogP contribution in [0.25, 0.3) is 0 Å². The molecule has 1 aromatic heterocycles. The van der Waals surface area contributed by atoms with Gasteiger partial charge in [0.05, 0.1) is 5.88 Å². The van der Waals surface area contributed by atoms with E-state index >= 15 is 0 Å². The van der Waals surface area contributed by atoms with Gasteiger partial charge in [-0.25, -0.2) is 9.97 Å². The number of carbonyl (C=O) groups is 1. The number of aromatic nitrogens is 2. The molecule has 2 heterocycles. The summed E-state index contributed by atoms with van der Waals surface area (Å²) in [6.07, 6.45) is -3.85. The number of anilines is 1. The van der Waals surface area contributed by atoms with Crippen LogP contribution in [-0.4, -0.2) is 32.3 Å². The molecule has 1 N–H and O–H groups in total. The smallest absolute Gasteiger partial charge is 0.373 e. The summed E-state index contributed by atoms with van der Waals surface area (Å²) in [7, 11) is 0. The van der Waals surface area contributed by atoms with Gasteiger partial charge in [-0.1, -0.05) is 11.8 Å². The van der Waals surface area contributed by atoms with Gasteiger partial charge < -0.3 is 5.11 Å². The summed E-state index contributed by atoms with van der Waals surface area (Å²) < 4.78 is 37.1. The highest BCUT2D eigenvalue weighted by Gasteiger charge is 2.36. The van der Waals surface area contributed by atoms with Crippen molar-refractivity contribution in [3.05, 3.63) is 18.1 Å². The van der Waals surface area contributed by atoms with Crippen molar-refractivity contribution in [3.63, 3.8) is 0 Å². The van der Waals surface area contributed by atoms with Crippen molar-refractivity contribution in [2.24, 2.45) is 0 Å². The summed E-state index contributed by atoms with van der Waals surface area (Å²) in [5, 5.41) is 9.16. The molecule has 5 nitrogen and oxygen atoms in total. The Morgan fingerprint density at radius 3 is 2.71 bits per heavy atom. The molecule has 0 aromatic carbocycles. The second kappa shape index (κ2) is 4.15. The first-order valence-corrected chi connectivity index (χ1v) is 5.45. The second-order valence-electron chi connectivity index (χ2n) is 3.17. The lowest BCUT2D eigenvalue weighted by Gasteiger charge is -2.14. The Kier molecular flexibility index (Phi) is 2.96. The third-order valence-corrected chi connectivity index (χ3v) is 2.98. The van der Waals surface area contributed by atoms with E-state index in [1.807, 2.05) is 0 Å². The molecule has 9 heteroatoms. The van der Waals surface area contributed by atoms with Gasteiger partial charge in [0, 0.05) is 6.07 Å². The van der Waals surface area contributed by atoms with Crippen molar-refractivity contribution < 1.29 is 23.1 Å². The monoisotopic (exact) mass is 265 g/mol. The third-order valence-electron chi connectivity index (χ3n) is 2.06. The van der Waals surface area contributed by atoms with Gasteiger partial charge in [0.15, 0.2) is 5.44 Å². The van der Waals surface area contributed by atoms with E-state index < -0.39 is 23.2 Å². The minimum absolute atomic E-state index is 0.0638. The molecular formula is C8H6F3N3O2S. The average Bonchev–Trinajstić information content (AvgIpc) is 2.59. The molecule has 0 spiro atoms. The van der Waals surface area contributed by atoms with Crippen LogP contribution in [-0.2, 0) is 11.0 Å². The number of carbonyl (C=O) groups excluding carboxylic acids is 1. The van der Waals surface area contributed by atoms with Crippen molar-refractivity contribution in [2.45, 2.75) is 11.6 Å². The zero-order valence-corrected chi connectivity index (χ0v) is 8.99.